The molecular formula is C16H17FN2O. The van der Waals surface area contributed by atoms with Crippen molar-refractivity contribution in [2.75, 3.05) is 12.4 Å². The second kappa shape index (κ2) is 6.19. The zero-order valence-corrected chi connectivity index (χ0v) is 11.3. The lowest BCUT2D eigenvalue weighted by Crippen LogP contribution is -2.14. The van der Waals surface area contributed by atoms with Gasteiger partial charge >= 0.3 is 0 Å². The molecular weight excluding hydrogens is 255 g/mol. The lowest BCUT2D eigenvalue weighted by molar-refractivity contribution is 0.100. The lowest BCUT2D eigenvalue weighted by atomic mass is 9.99. The summed E-state index contributed by atoms with van der Waals surface area (Å²) >= 11 is 0. The molecule has 2 rings (SSSR count). The molecule has 0 atom stereocenters. The van der Waals surface area contributed by atoms with Crippen molar-refractivity contribution in [1.82, 2.24) is 0 Å². The number of primary amides is 1. The molecule has 0 spiro atoms. The highest BCUT2D eigenvalue weighted by atomic mass is 19.1. The van der Waals surface area contributed by atoms with Gasteiger partial charge < -0.3 is 11.1 Å². The molecule has 0 heterocycles. The average molecular weight is 272 g/mol. The summed E-state index contributed by atoms with van der Waals surface area (Å²) < 4.78 is 12.8. The molecule has 0 unspecified atom stereocenters. The maximum atomic E-state index is 12.8. The topological polar surface area (TPSA) is 55.1 Å². The molecule has 3 N–H and O–H groups in total. The van der Waals surface area contributed by atoms with Gasteiger partial charge in [0.2, 0.25) is 0 Å². The van der Waals surface area contributed by atoms with Crippen molar-refractivity contribution in [2.45, 2.75) is 12.8 Å². The highest BCUT2D eigenvalue weighted by molar-refractivity contribution is 5.99. The first-order chi connectivity index (χ1) is 9.61. The highest BCUT2D eigenvalue weighted by Gasteiger charge is 2.11. The molecule has 0 aliphatic rings. The normalized spacial score (nSPS) is 10.3. The molecule has 0 saturated heterocycles. The summed E-state index contributed by atoms with van der Waals surface area (Å²) in [7, 11) is 1.77. The number of aryl methyl sites for hydroxylation is 2. The smallest absolute Gasteiger partial charge is 0.250 e. The number of carbonyl (C=O) groups excluding carboxylic acids is 1. The van der Waals surface area contributed by atoms with E-state index in [1.54, 1.807) is 25.2 Å². The standard InChI is InChI=1S/C16H17FN2O/c1-19-15-12(3-2-4-14(15)16(18)20)8-5-11-6-9-13(17)10-7-11/h2-4,6-7,9-10,19H,5,8H2,1H3,(H2,18,20). The van der Waals surface area contributed by atoms with Crippen LogP contribution in [0.15, 0.2) is 42.5 Å². The SMILES string of the molecule is CNc1c(CCc2ccc(F)cc2)cccc1C(N)=O. The van der Waals surface area contributed by atoms with Gasteiger partial charge in [-0.05, 0) is 42.2 Å². The van der Waals surface area contributed by atoms with Crippen LogP contribution in [0, 0.1) is 5.82 Å². The van der Waals surface area contributed by atoms with Gasteiger partial charge in [-0.15, -0.1) is 0 Å². The van der Waals surface area contributed by atoms with Crippen LogP contribution in [-0.2, 0) is 12.8 Å². The van der Waals surface area contributed by atoms with E-state index in [1.807, 2.05) is 12.1 Å². The van der Waals surface area contributed by atoms with Crippen LogP contribution in [0.1, 0.15) is 21.5 Å². The summed E-state index contributed by atoms with van der Waals surface area (Å²) in [5.41, 5.74) is 8.69. The molecule has 0 fully saturated rings. The van der Waals surface area contributed by atoms with E-state index in [9.17, 15) is 9.18 Å². The maximum Gasteiger partial charge on any atom is 0.250 e. The number of halogens is 1. The summed E-state index contributed by atoms with van der Waals surface area (Å²) in [4.78, 5) is 11.4. The Labute approximate surface area is 117 Å². The van der Waals surface area contributed by atoms with E-state index in [4.69, 9.17) is 5.73 Å². The molecule has 20 heavy (non-hydrogen) atoms. The Hall–Kier alpha value is -2.36. The fraction of sp³-hybridized carbons (Fsp3) is 0.188. The van der Waals surface area contributed by atoms with Gasteiger partial charge in [0.05, 0.1) is 5.56 Å². The van der Waals surface area contributed by atoms with E-state index in [0.29, 0.717) is 5.56 Å². The van der Waals surface area contributed by atoms with Gasteiger partial charge in [-0.25, -0.2) is 4.39 Å². The minimum atomic E-state index is -0.446. The number of para-hydroxylation sites is 1. The molecule has 4 heteroatoms. The molecule has 0 saturated carbocycles. The number of amides is 1. The van der Waals surface area contributed by atoms with Crippen molar-refractivity contribution in [2.24, 2.45) is 5.73 Å². The van der Waals surface area contributed by atoms with Gasteiger partial charge in [-0.3, -0.25) is 4.79 Å². The number of nitrogens with two attached hydrogens (primary N) is 1. The van der Waals surface area contributed by atoms with Gasteiger partial charge in [-0.1, -0.05) is 24.3 Å². The van der Waals surface area contributed by atoms with Crippen molar-refractivity contribution >= 4 is 11.6 Å². The molecule has 1 amide bonds. The summed E-state index contributed by atoms with van der Waals surface area (Å²) in [6.45, 7) is 0. The number of benzene rings is 2. The van der Waals surface area contributed by atoms with E-state index >= 15 is 0 Å². The van der Waals surface area contributed by atoms with Crippen molar-refractivity contribution in [3.05, 3.63) is 65.0 Å². The maximum absolute atomic E-state index is 12.8. The second-order valence-electron chi connectivity index (χ2n) is 4.58. The first-order valence-electron chi connectivity index (χ1n) is 6.45. The Morgan fingerprint density at radius 2 is 1.85 bits per heavy atom. The zero-order chi connectivity index (χ0) is 14.5. The van der Waals surface area contributed by atoms with Crippen LogP contribution in [-0.4, -0.2) is 13.0 Å². The molecule has 0 radical (unpaired) electrons. The minimum absolute atomic E-state index is 0.236. The molecule has 0 bridgehead atoms. The van der Waals surface area contributed by atoms with Gasteiger partial charge in [0.15, 0.2) is 0 Å². The summed E-state index contributed by atoms with van der Waals surface area (Å²) in [6, 6.07) is 11.9. The zero-order valence-electron chi connectivity index (χ0n) is 11.3. The Kier molecular flexibility index (Phi) is 4.35. The van der Waals surface area contributed by atoms with Crippen LogP contribution >= 0.6 is 0 Å². The third kappa shape index (κ3) is 3.15. The van der Waals surface area contributed by atoms with Crippen molar-refractivity contribution in [1.29, 1.82) is 0 Å². The first kappa shape index (κ1) is 14.1. The number of nitrogens with one attached hydrogen (secondary N) is 1. The van der Waals surface area contributed by atoms with Crippen LogP contribution in [0.5, 0.6) is 0 Å². The Morgan fingerprint density at radius 3 is 2.45 bits per heavy atom. The number of hydrogen-bond donors (Lipinski definition) is 2. The van der Waals surface area contributed by atoms with E-state index in [0.717, 1.165) is 29.7 Å². The highest BCUT2D eigenvalue weighted by Crippen LogP contribution is 2.22. The molecule has 2 aromatic carbocycles. The van der Waals surface area contributed by atoms with Crippen molar-refractivity contribution in [3.63, 3.8) is 0 Å². The van der Waals surface area contributed by atoms with Gasteiger partial charge in [0.25, 0.3) is 5.91 Å². The predicted molar refractivity (Wildman–Crippen MR) is 78.3 cm³/mol. The van der Waals surface area contributed by atoms with E-state index in [2.05, 4.69) is 5.32 Å². The predicted octanol–water partition coefficient (Wildman–Crippen LogP) is 2.75. The summed E-state index contributed by atoms with van der Waals surface area (Å²) in [5.74, 6) is -0.682. The molecule has 104 valence electrons. The fourth-order valence-corrected chi connectivity index (χ4v) is 2.24. The molecule has 3 nitrogen and oxygen atoms in total. The largest absolute Gasteiger partial charge is 0.387 e. The monoisotopic (exact) mass is 272 g/mol. The van der Waals surface area contributed by atoms with Crippen LogP contribution in [0.4, 0.5) is 10.1 Å². The fourth-order valence-electron chi connectivity index (χ4n) is 2.24. The van der Waals surface area contributed by atoms with E-state index < -0.39 is 5.91 Å². The lowest BCUT2D eigenvalue weighted by Gasteiger charge is -2.12. The number of rotatable bonds is 5. The molecule has 0 aliphatic carbocycles. The number of anilines is 1. The average Bonchev–Trinajstić information content (AvgIpc) is 2.46. The minimum Gasteiger partial charge on any atom is -0.387 e. The molecule has 2 aromatic rings. The first-order valence-corrected chi connectivity index (χ1v) is 6.45. The Morgan fingerprint density at radius 1 is 1.15 bits per heavy atom. The number of hydrogen-bond acceptors (Lipinski definition) is 2. The Balaban J connectivity index is 2.19. The Bertz CT molecular complexity index is 608. The van der Waals surface area contributed by atoms with E-state index in [-0.39, 0.29) is 5.82 Å². The van der Waals surface area contributed by atoms with Gasteiger partial charge in [-0.2, -0.15) is 0 Å². The molecule has 0 aliphatic heterocycles. The molecule has 0 aromatic heterocycles. The quantitative estimate of drug-likeness (QED) is 0.879. The van der Waals surface area contributed by atoms with Crippen LogP contribution in [0.2, 0.25) is 0 Å². The third-order valence-electron chi connectivity index (χ3n) is 3.26. The summed E-state index contributed by atoms with van der Waals surface area (Å²) in [6.07, 6.45) is 1.53. The van der Waals surface area contributed by atoms with Gasteiger partial charge in [0, 0.05) is 12.7 Å². The van der Waals surface area contributed by atoms with Crippen molar-refractivity contribution in [3.8, 4) is 0 Å². The van der Waals surface area contributed by atoms with Crippen LogP contribution < -0.4 is 11.1 Å². The number of carbonyl (C=O) groups is 1. The van der Waals surface area contributed by atoms with Crippen molar-refractivity contribution < 1.29 is 9.18 Å². The van der Waals surface area contributed by atoms with Gasteiger partial charge in [0.1, 0.15) is 5.82 Å². The van der Waals surface area contributed by atoms with Crippen LogP contribution in [0.25, 0.3) is 0 Å². The summed E-state index contributed by atoms with van der Waals surface area (Å²) in [5, 5.41) is 3.03. The second-order valence-corrected chi connectivity index (χ2v) is 4.58. The van der Waals surface area contributed by atoms with E-state index in [1.165, 1.54) is 12.1 Å². The van der Waals surface area contributed by atoms with Crippen LogP contribution in [0.3, 0.4) is 0 Å². The third-order valence-corrected chi connectivity index (χ3v) is 3.26.